The smallest absolute Gasteiger partial charge is 0.230 e. The second-order valence-corrected chi connectivity index (χ2v) is 11.3. The lowest BCUT2D eigenvalue weighted by atomic mass is 9.78. The van der Waals surface area contributed by atoms with E-state index in [1.54, 1.807) is 0 Å². The molecule has 0 unspecified atom stereocenters. The first kappa shape index (κ1) is 22.8. The Morgan fingerprint density at radius 3 is 2.77 bits per heavy atom. The molecule has 1 N–H and O–H groups in total. The van der Waals surface area contributed by atoms with Crippen LogP contribution in [0.25, 0.3) is 0 Å². The van der Waals surface area contributed by atoms with Crippen molar-refractivity contribution in [3.63, 3.8) is 0 Å². The largest absolute Gasteiger partial charge is 0.374 e. The quantitative estimate of drug-likeness (QED) is 0.616. The number of pyridine rings is 1. The lowest BCUT2D eigenvalue weighted by Crippen LogP contribution is -2.38. The first-order valence-electron chi connectivity index (χ1n) is 13.2. The molecule has 4 heterocycles. The number of benzene rings is 1. The lowest BCUT2D eigenvalue weighted by molar-refractivity contribution is -0.123. The molecule has 35 heavy (non-hydrogen) atoms. The van der Waals surface area contributed by atoms with Gasteiger partial charge in [0.25, 0.3) is 0 Å². The third-order valence-corrected chi connectivity index (χ3v) is 8.29. The number of morpholine rings is 1. The van der Waals surface area contributed by atoms with Gasteiger partial charge in [0.05, 0.1) is 42.9 Å². The standard InChI is InChI=1S/C28H35FN4O2/c1-17(2)9-18-3-5-19(6-4-18)28(34)33-14-20-10-21(29)13-30-27(20)31-25-8-7-22(12-26(25)33)32-15-24-11-23(32)16-35-24/h7-8,10,12-13,17-19,23-24H,3-6,9,11,14-16H2,1-2H3,(H,30,31)/t18?,19?,23-,24-/m0/s1. The van der Waals surface area contributed by atoms with Crippen molar-refractivity contribution in [2.24, 2.45) is 17.8 Å². The molecule has 3 aliphatic heterocycles. The van der Waals surface area contributed by atoms with Crippen LogP contribution in [0.4, 0.5) is 27.3 Å². The molecule has 186 valence electrons. The molecule has 2 atom stereocenters. The van der Waals surface area contributed by atoms with Crippen molar-refractivity contribution in [1.82, 2.24) is 4.98 Å². The number of hydrogen-bond acceptors (Lipinski definition) is 5. The summed E-state index contributed by atoms with van der Waals surface area (Å²) in [5, 5.41) is 3.38. The normalized spacial score (nSPS) is 27.4. The lowest BCUT2D eigenvalue weighted by Gasteiger charge is -2.34. The molecule has 1 aromatic heterocycles. The predicted octanol–water partition coefficient (Wildman–Crippen LogP) is 5.64. The number of carbonyl (C=O) groups excluding carboxylic acids is 1. The zero-order valence-corrected chi connectivity index (χ0v) is 20.7. The zero-order valence-electron chi connectivity index (χ0n) is 20.7. The van der Waals surface area contributed by atoms with Crippen LogP contribution in [-0.2, 0) is 16.1 Å². The van der Waals surface area contributed by atoms with Gasteiger partial charge < -0.3 is 19.9 Å². The number of fused-ring (bicyclic) bond motifs is 4. The number of nitrogens with zero attached hydrogens (tertiary/aromatic N) is 3. The molecule has 4 aliphatic rings. The van der Waals surface area contributed by atoms with Crippen molar-refractivity contribution in [1.29, 1.82) is 0 Å². The Morgan fingerprint density at radius 1 is 1.23 bits per heavy atom. The van der Waals surface area contributed by atoms with Crippen molar-refractivity contribution in [2.45, 2.75) is 71.1 Å². The molecule has 6 rings (SSSR count). The fourth-order valence-corrected chi connectivity index (χ4v) is 6.57. The number of nitrogens with one attached hydrogen (secondary N) is 1. The van der Waals surface area contributed by atoms with Crippen molar-refractivity contribution in [3.05, 3.63) is 41.8 Å². The van der Waals surface area contributed by atoms with Crippen LogP contribution in [-0.4, -0.2) is 36.2 Å². The summed E-state index contributed by atoms with van der Waals surface area (Å²) in [6.07, 6.45) is 7.90. The highest BCUT2D eigenvalue weighted by atomic mass is 19.1. The minimum absolute atomic E-state index is 0.00851. The van der Waals surface area contributed by atoms with E-state index in [0.29, 0.717) is 36.0 Å². The van der Waals surface area contributed by atoms with Gasteiger partial charge in [0.15, 0.2) is 0 Å². The second kappa shape index (κ2) is 9.08. The monoisotopic (exact) mass is 478 g/mol. The van der Waals surface area contributed by atoms with E-state index in [9.17, 15) is 9.18 Å². The first-order valence-corrected chi connectivity index (χ1v) is 13.2. The van der Waals surface area contributed by atoms with Crippen molar-refractivity contribution < 1.29 is 13.9 Å². The van der Waals surface area contributed by atoms with Gasteiger partial charge in [-0.1, -0.05) is 13.8 Å². The Kier molecular flexibility index (Phi) is 5.91. The van der Waals surface area contributed by atoms with Gasteiger partial charge in [-0.15, -0.1) is 0 Å². The van der Waals surface area contributed by atoms with Gasteiger partial charge in [-0.05, 0) is 74.6 Å². The van der Waals surface area contributed by atoms with Crippen LogP contribution < -0.4 is 15.1 Å². The molecule has 0 radical (unpaired) electrons. The maximum absolute atomic E-state index is 14.1. The molecule has 2 aromatic rings. The van der Waals surface area contributed by atoms with E-state index in [1.165, 1.54) is 18.7 Å². The van der Waals surface area contributed by atoms with Crippen LogP contribution in [0.1, 0.15) is 57.9 Å². The maximum Gasteiger partial charge on any atom is 0.230 e. The molecular formula is C28H35FN4O2. The van der Waals surface area contributed by atoms with Crippen molar-refractivity contribution in [2.75, 3.05) is 28.3 Å². The van der Waals surface area contributed by atoms with E-state index in [0.717, 1.165) is 68.2 Å². The summed E-state index contributed by atoms with van der Waals surface area (Å²) in [6.45, 7) is 6.52. The van der Waals surface area contributed by atoms with Crippen LogP contribution in [0.15, 0.2) is 30.5 Å². The van der Waals surface area contributed by atoms with Gasteiger partial charge in [-0.25, -0.2) is 9.37 Å². The summed E-state index contributed by atoms with van der Waals surface area (Å²) >= 11 is 0. The van der Waals surface area contributed by atoms with Crippen LogP contribution in [0.3, 0.4) is 0 Å². The number of hydrogen-bond donors (Lipinski definition) is 1. The van der Waals surface area contributed by atoms with Gasteiger partial charge in [-0.3, -0.25) is 4.79 Å². The van der Waals surface area contributed by atoms with Gasteiger partial charge in [0, 0.05) is 23.7 Å². The van der Waals surface area contributed by atoms with Crippen molar-refractivity contribution >= 4 is 28.8 Å². The molecule has 2 saturated heterocycles. The SMILES string of the molecule is CC(C)CC1CCC(C(=O)N2Cc3cc(F)cnc3Nc3ccc(N4C[C@@H]5C[C@H]4CO5)cc32)CC1. The molecular weight excluding hydrogens is 443 g/mol. The predicted molar refractivity (Wildman–Crippen MR) is 136 cm³/mol. The number of aromatic nitrogens is 1. The molecule has 3 fully saturated rings. The van der Waals surface area contributed by atoms with Crippen LogP contribution >= 0.6 is 0 Å². The second-order valence-electron chi connectivity index (χ2n) is 11.3. The molecule has 1 amide bonds. The van der Waals surface area contributed by atoms with E-state index in [-0.39, 0.29) is 17.6 Å². The number of ether oxygens (including phenoxy) is 1. The van der Waals surface area contributed by atoms with Gasteiger partial charge in [0.2, 0.25) is 5.91 Å². The first-order chi connectivity index (χ1) is 16.9. The molecule has 7 heteroatoms. The number of amides is 1. The summed E-state index contributed by atoms with van der Waals surface area (Å²) in [6, 6.07) is 8.18. The Bertz CT molecular complexity index is 1110. The molecule has 2 bridgehead atoms. The fraction of sp³-hybridized carbons (Fsp3) is 0.571. The average Bonchev–Trinajstić information content (AvgIpc) is 3.44. The highest BCUT2D eigenvalue weighted by molar-refractivity contribution is 6.00. The number of rotatable bonds is 4. The summed E-state index contributed by atoms with van der Waals surface area (Å²) in [7, 11) is 0. The van der Waals surface area contributed by atoms with Crippen LogP contribution in [0, 0.1) is 23.6 Å². The minimum Gasteiger partial charge on any atom is -0.374 e. The highest BCUT2D eigenvalue weighted by Gasteiger charge is 2.40. The van der Waals surface area contributed by atoms with Crippen LogP contribution in [0.5, 0.6) is 0 Å². The third-order valence-electron chi connectivity index (χ3n) is 8.29. The summed E-state index contributed by atoms with van der Waals surface area (Å²) in [4.78, 5) is 22.6. The Labute approximate surface area is 206 Å². The van der Waals surface area contributed by atoms with Gasteiger partial charge in [-0.2, -0.15) is 0 Å². The topological polar surface area (TPSA) is 57.7 Å². The molecule has 1 aliphatic carbocycles. The minimum atomic E-state index is -0.383. The third kappa shape index (κ3) is 4.39. The number of anilines is 4. The Morgan fingerprint density at radius 2 is 2.06 bits per heavy atom. The summed E-state index contributed by atoms with van der Waals surface area (Å²) in [5.41, 5.74) is 3.52. The van der Waals surface area contributed by atoms with Crippen molar-refractivity contribution in [3.8, 4) is 0 Å². The van der Waals surface area contributed by atoms with E-state index < -0.39 is 0 Å². The Hall–Kier alpha value is -2.67. The number of carbonyl (C=O) groups is 1. The zero-order chi connectivity index (χ0) is 24.1. The Balaban J connectivity index is 1.31. The van der Waals surface area contributed by atoms with E-state index in [2.05, 4.69) is 41.2 Å². The molecule has 1 aromatic carbocycles. The van der Waals surface area contributed by atoms with Gasteiger partial charge >= 0.3 is 0 Å². The van der Waals surface area contributed by atoms with E-state index in [4.69, 9.17) is 4.74 Å². The van der Waals surface area contributed by atoms with Crippen LogP contribution in [0.2, 0.25) is 0 Å². The average molecular weight is 479 g/mol. The molecule has 1 saturated carbocycles. The maximum atomic E-state index is 14.1. The fourth-order valence-electron chi connectivity index (χ4n) is 6.57. The van der Waals surface area contributed by atoms with E-state index >= 15 is 0 Å². The summed E-state index contributed by atoms with van der Waals surface area (Å²) in [5.74, 6) is 1.80. The number of halogens is 1. The highest BCUT2D eigenvalue weighted by Crippen LogP contribution is 2.42. The molecule has 0 spiro atoms. The molecule has 6 nitrogen and oxygen atoms in total. The van der Waals surface area contributed by atoms with Gasteiger partial charge in [0.1, 0.15) is 11.6 Å². The van der Waals surface area contributed by atoms with E-state index in [1.807, 2.05) is 11.0 Å². The summed E-state index contributed by atoms with van der Waals surface area (Å²) < 4.78 is 19.9.